The van der Waals surface area contributed by atoms with E-state index in [0.717, 1.165) is 17.9 Å². The van der Waals surface area contributed by atoms with Crippen molar-refractivity contribution < 1.29 is 14.7 Å². The number of ether oxygens (including phenoxy) is 1. The van der Waals surface area contributed by atoms with Crippen LogP contribution in [-0.2, 0) is 11.3 Å². The first-order valence-electron chi connectivity index (χ1n) is 8.40. The van der Waals surface area contributed by atoms with Crippen molar-refractivity contribution in [1.82, 2.24) is 10.4 Å². The SMILES string of the molecule is COc1ccc(CN2CC3(C[C@@H]2C(=O)NO)Sc2ccccc2S3)cc1. The first-order valence-corrected chi connectivity index (χ1v) is 10.0. The third-order valence-corrected chi connectivity index (χ3v) is 7.90. The fourth-order valence-corrected chi connectivity index (χ4v) is 6.89. The molecule has 1 atom stereocenters. The third-order valence-electron chi connectivity index (χ3n) is 4.79. The predicted octanol–water partition coefficient (Wildman–Crippen LogP) is 3.37. The highest BCUT2D eigenvalue weighted by molar-refractivity contribution is 8.20. The van der Waals surface area contributed by atoms with Gasteiger partial charge in [-0.3, -0.25) is 14.9 Å². The Bertz CT molecular complexity index is 788. The number of hydroxylamine groups is 1. The average Bonchev–Trinajstić information content (AvgIpc) is 3.20. The zero-order valence-corrected chi connectivity index (χ0v) is 16.0. The molecular weight excluding hydrogens is 368 g/mol. The van der Waals surface area contributed by atoms with E-state index < -0.39 is 0 Å². The third kappa shape index (κ3) is 3.32. The monoisotopic (exact) mass is 388 g/mol. The van der Waals surface area contributed by atoms with Crippen LogP contribution in [0, 0.1) is 0 Å². The molecule has 7 heteroatoms. The van der Waals surface area contributed by atoms with Crippen LogP contribution in [0.1, 0.15) is 12.0 Å². The number of carbonyl (C=O) groups is 1. The summed E-state index contributed by atoms with van der Waals surface area (Å²) >= 11 is 3.68. The maximum Gasteiger partial charge on any atom is 0.260 e. The summed E-state index contributed by atoms with van der Waals surface area (Å²) < 4.78 is 5.12. The van der Waals surface area contributed by atoms with Gasteiger partial charge in [-0.1, -0.05) is 24.3 Å². The van der Waals surface area contributed by atoms with Gasteiger partial charge in [0, 0.05) is 22.9 Å². The van der Waals surface area contributed by atoms with E-state index in [4.69, 9.17) is 4.74 Å². The largest absolute Gasteiger partial charge is 0.497 e. The molecule has 2 aromatic carbocycles. The highest BCUT2D eigenvalue weighted by Gasteiger charge is 2.51. The summed E-state index contributed by atoms with van der Waals surface area (Å²) in [5.74, 6) is 0.473. The van der Waals surface area contributed by atoms with Crippen molar-refractivity contribution in [2.75, 3.05) is 13.7 Å². The van der Waals surface area contributed by atoms with Gasteiger partial charge in [-0.25, -0.2) is 5.48 Å². The molecule has 1 fully saturated rings. The normalized spacial score (nSPS) is 20.9. The number of amides is 1. The van der Waals surface area contributed by atoms with Gasteiger partial charge in [-0.15, -0.1) is 23.5 Å². The van der Waals surface area contributed by atoms with Crippen molar-refractivity contribution in [3.05, 3.63) is 54.1 Å². The number of benzene rings is 2. The van der Waals surface area contributed by atoms with Crippen LogP contribution in [0.15, 0.2) is 58.3 Å². The summed E-state index contributed by atoms with van der Waals surface area (Å²) in [6.07, 6.45) is 0.694. The number of nitrogens with zero attached hydrogens (tertiary/aromatic N) is 1. The van der Waals surface area contributed by atoms with Gasteiger partial charge in [0.2, 0.25) is 0 Å². The molecule has 2 heterocycles. The number of fused-ring (bicyclic) bond motifs is 1. The Hall–Kier alpha value is -1.67. The summed E-state index contributed by atoms with van der Waals surface area (Å²) in [4.78, 5) is 17.0. The minimum atomic E-state index is -0.351. The number of nitrogens with one attached hydrogen (secondary N) is 1. The number of methoxy groups -OCH3 is 1. The van der Waals surface area contributed by atoms with Gasteiger partial charge in [0.05, 0.1) is 17.2 Å². The molecule has 2 aromatic rings. The molecule has 0 aliphatic carbocycles. The van der Waals surface area contributed by atoms with Crippen LogP contribution < -0.4 is 10.2 Å². The van der Waals surface area contributed by atoms with E-state index in [1.54, 1.807) is 7.11 Å². The molecule has 1 spiro atoms. The molecule has 0 bridgehead atoms. The Morgan fingerprint density at radius 3 is 2.46 bits per heavy atom. The van der Waals surface area contributed by atoms with Gasteiger partial charge in [0.25, 0.3) is 5.91 Å². The van der Waals surface area contributed by atoms with E-state index in [0.29, 0.717) is 13.0 Å². The number of hydrogen-bond acceptors (Lipinski definition) is 6. The van der Waals surface area contributed by atoms with Gasteiger partial charge in [0.1, 0.15) is 5.75 Å². The zero-order chi connectivity index (χ0) is 18.1. The molecule has 0 aromatic heterocycles. The van der Waals surface area contributed by atoms with Crippen LogP contribution in [0.25, 0.3) is 0 Å². The second-order valence-electron chi connectivity index (χ2n) is 6.51. The summed E-state index contributed by atoms with van der Waals surface area (Å²) in [7, 11) is 1.65. The molecule has 1 amide bonds. The lowest BCUT2D eigenvalue weighted by atomic mass is 10.1. The van der Waals surface area contributed by atoms with E-state index in [1.807, 2.05) is 65.4 Å². The van der Waals surface area contributed by atoms with Crippen molar-refractivity contribution in [2.45, 2.75) is 32.9 Å². The van der Waals surface area contributed by atoms with Crippen LogP contribution in [0.5, 0.6) is 5.75 Å². The van der Waals surface area contributed by atoms with E-state index in [-0.39, 0.29) is 16.0 Å². The first-order chi connectivity index (χ1) is 12.6. The van der Waals surface area contributed by atoms with Gasteiger partial charge in [-0.2, -0.15) is 0 Å². The van der Waals surface area contributed by atoms with Crippen LogP contribution in [0.2, 0.25) is 0 Å². The molecule has 0 radical (unpaired) electrons. The summed E-state index contributed by atoms with van der Waals surface area (Å²) in [6, 6.07) is 15.9. The Labute approximate surface area is 161 Å². The molecule has 2 aliphatic rings. The molecule has 0 unspecified atom stereocenters. The van der Waals surface area contributed by atoms with Crippen LogP contribution >= 0.6 is 23.5 Å². The average molecular weight is 389 g/mol. The summed E-state index contributed by atoms with van der Waals surface area (Å²) in [5, 5.41) is 9.20. The lowest BCUT2D eigenvalue weighted by Crippen LogP contribution is -2.41. The lowest BCUT2D eigenvalue weighted by molar-refractivity contribution is -0.134. The Kier molecular flexibility index (Phi) is 4.88. The number of carbonyl (C=O) groups excluding carboxylic acids is 1. The molecule has 0 saturated carbocycles. The maximum absolute atomic E-state index is 12.3. The van der Waals surface area contributed by atoms with Gasteiger partial charge >= 0.3 is 0 Å². The van der Waals surface area contributed by atoms with Crippen molar-refractivity contribution in [1.29, 1.82) is 0 Å². The van der Waals surface area contributed by atoms with Gasteiger partial charge in [0.15, 0.2) is 0 Å². The van der Waals surface area contributed by atoms with Crippen molar-refractivity contribution >= 4 is 29.4 Å². The number of rotatable bonds is 4. The smallest absolute Gasteiger partial charge is 0.260 e. The molecular formula is C19H20N2O3S2. The van der Waals surface area contributed by atoms with Crippen LogP contribution in [-0.4, -0.2) is 39.8 Å². The van der Waals surface area contributed by atoms with Crippen LogP contribution in [0.4, 0.5) is 0 Å². The fraction of sp³-hybridized carbons (Fsp3) is 0.316. The first kappa shape index (κ1) is 17.7. The molecule has 2 N–H and O–H groups in total. The molecule has 5 nitrogen and oxygen atoms in total. The van der Waals surface area contributed by atoms with Crippen molar-refractivity contribution in [2.24, 2.45) is 0 Å². The second kappa shape index (κ2) is 7.15. The quantitative estimate of drug-likeness (QED) is 0.619. The van der Waals surface area contributed by atoms with E-state index in [9.17, 15) is 10.0 Å². The predicted molar refractivity (Wildman–Crippen MR) is 103 cm³/mol. The molecule has 1 saturated heterocycles. The Balaban J connectivity index is 1.56. The highest BCUT2D eigenvalue weighted by Crippen LogP contribution is 2.60. The minimum absolute atomic E-state index is 0.0899. The van der Waals surface area contributed by atoms with Gasteiger partial charge in [-0.05, 0) is 36.2 Å². The molecule has 2 aliphatic heterocycles. The zero-order valence-electron chi connectivity index (χ0n) is 14.3. The number of likely N-dealkylation sites (tertiary alicyclic amines) is 1. The lowest BCUT2D eigenvalue weighted by Gasteiger charge is -2.23. The van der Waals surface area contributed by atoms with E-state index in [1.165, 1.54) is 9.79 Å². The topological polar surface area (TPSA) is 61.8 Å². The van der Waals surface area contributed by atoms with Crippen molar-refractivity contribution in [3.63, 3.8) is 0 Å². The van der Waals surface area contributed by atoms with Crippen LogP contribution in [0.3, 0.4) is 0 Å². The van der Waals surface area contributed by atoms with Gasteiger partial charge < -0.3 is 4.74 Å². The molecule has 26 heavy (non-hydrogen) atoms. The fourth-order valence-electron chi connectivity index (χ4n) is 3.56. The number of thioether (sulfide) groups is 2. The summed E-state index contributed by atoms with van der Waals surface area (Å²) in [5.41, 5.74) is 2.96. The van der Waals surface area contributed by atoms with Crippen molar-refractivity contribution in [3.8, 4) is 5.75 Å². The maximum atomic E-state index is 12.3. The molecule has 4 rings (SSSR count). The standard InChI is InChI=1S/C19H20N2O3S2/c1-24-14-8-6-13(7-9-14)11-21-12-19(10-15(21)18(22)20-23)25-16-4-2-3-5-17(16)26-19/h2-9,15,23H,10-12H2,1H3,(H,20,22)/t15-/m1/s1. The number of hydrogen-bond donors (Lipinski definition) is 2. The Morgan fingerprint density at radius 1 is 1.23 bits per heavy atom. The summed E-state index contributed by atoms with van der Waals surface area (Å²) in [6.45, 7) is 1.43. The van der Waals surface area contributed by atoms with E-state index >= 15 is 0 Å². The minimum Gasteiger partial charge on any atom is -0.497 e. The highest BCUT2D eigenvalue weighted by atomic mass is 32.2. The second-order valence-corrected chi connectivity index (χ2v) is 9.62. The Morgan fingerprint density at radius 2 is 1.88 bits per heavy atom. The van der Waals surface area contributed by atoms with E-state index in [2.05, 4.69) is 17.0 Å². The molecule has 136 valence electrons.